The van der Waals surface area contributed by atoms with Gasteiger partial charge in [0.05, 0.1) is 0 Å². The summed E-state index contributed by atoms with van der Waals surface area (Å²) >= 11 is 4.69. The Morgan fingerprint density at radius 2 is 2.00 bits per heavy atom. The average molecular weight is 279 g/mol. The summed E-state index contributed by atoms with van der Waals surface area (Å²) in [7, 11) is 0. The van der Waals surface area contributed by atoms with E-state index in [0.29, 0.717) is 6.61 Å². The van der Waals surface area contributed by atoms with Crippen LogP contribution in [-0.2, 0) is 10.3 Å². The highest BCUT2D eigenvalue weighted by Gasteiger charge is 2.33. The minimum atomic E-state index is -0.294. The van der Waals surface area contributed by atoms with Crippen LogP contribution in [0.2, 0.25) is 0 Å². The maximum absolute atomic E-state index is 5.79. The molecular weight excluding hydrogens is 264 g/mol. The Balaban J connectivity index is 2.97. The molecule has 0 amide bonds. The van der Waals surface area contributed by atoms with Crippen molar-refractivity contribution in [2.24, 2.45) is 0 Å². The Bertz CT molecular complexity index is 286. The molecule has 5 heteroatoms. The van der Waals surface area contributed by atoms with Crippen molar-refractivity contribution in [1.82, 2.24) is 9.36 Å². The molecule has 0 saturated heterocycles. The van der Waals surface area contributed by atoms with Gasteiger partial charge in [-0.1, -0.05) is 13.8 Å². The number of hydrogen-bond donors (Lipinski definition) is 0. The smallest absolute Gasteiger partial charge is 0.179 e. The molecule has 1 aromatic rings. The van der Waals surface area contributed by atoms with E-state index in [1.807, 2.05) is 6.92 Å². The van der Waals surface area contributed by atoms with E-state index in [0.717, 1.165) is 22.6 Å². The van der Waals surface area contributed by atoms with Gasteiger partial charge in [-0.2, -0.15) is 4.37 Å². The number of nitrogens with zero attached hydrogens (tertiary/aromatic N) is 2. The van der Waals surface area contributed by atoms with E-state index in [-0.39, 0.29) is 5.60 Å². The molecular formula is C9H15BrN2OS. The van der Waals surface area contributed by atoms with Crippen molar-refractivity contribution in [3.8, 4) is 0 Å². The number of ether oxygens (including phenoxy) is 1. The third kappa shape index (κ3) is 2.32. The van der Waals surface area contributed by atoms with Gasteiger partial charge >= 0.3 is 0 Å². The second-order valence-corrected chi connectivity index (χ2v) is 5.03. The molecule has 0 bridgehead atoms. The fourth-order valence-corrected chi connectivity index (χ4v) is 2.38. The Morgan fingerprint density at radius 3 is 2.36 bits per heavy atom. The lowest BCUT2D eigenvalue weighted by Crippen LogP contribution is -2.29. The van der Waals surface area contributed by atoms with Gasteiger partial charge < -0.3 is 4.74 Å². The van der Waals surface area contributed by atoms with E-state index in [1.54, 1.807) is 0 Å². The summed E-state index contributed by atoms with van der Waals surface area (Å²) in [6.45, 7) is 6.90. The predicted molar refractivity (Wildman–Crippen MR) is 61.5 cm³/mol. The molecule has 0 fully saturated rings. The van der Waals surface area contributed by atoms with Gasteiger partial charge in [0.1, 0.15) is 5.60 Å². The van der Waals surface area contributed by atoms with Crippen molar-refractivity contribution in [2.45, 2.75) is 39.2 Å². The summed E-state index contributed by atoms with van der Waals surface area (Å²) in [6, 6.07) is 0. The third-order valence-corrected chi connectivity index (χ3v) is 3.49. The fraction of sp³-hybridized carbons (Fsp3) is 0.778. The van der Waals surface area contributed by atoms with E-state index in [2.05, 4.69) is 39.1 Å². The summed E-state index contributed by atoms with van der Waals surface area (Å²) in [6.07, 6.45) is 1.81. The van der Waals surface area contributed by atoms with Crippen LogP contribution in [0.1, 0.15) is 39.4 Å². The molecule has 0 unspecified atom stereocenters. The van der Waals surface area contributed by atoms with Gasteiger partial charge in [0.25, 0.3) is 0 Å². The van der Waals surface area contributed by atoms with E-state index in [1.165, 1.54) is 11.5 Å². The van der Waals surface area contributed by atoms with Gasteiger partial charge in [0, 0.05) is 6.61 Å². The minimum absolute atomic E-state index is 0.294. The molecule has 14 heavy (non-hydrogen) atoms. The van der Waals surface area contributed by atoms with Gasteiger partial charge in [-0.05, 0) is 47.2 Å². The molecule has 0 saturated carbocycles. The minimum Gasteiger partial charge on any atom is -0.367 e. The van der Waals surface area contributed by atoms with Crippen molar-refractivity contribution in [3.63, 3.8) is 0 Å². The van der Waals surface area contributed by atoms with Crippen molar-refractivity contribution >= 4 is 27.5 Å². The molecule has 1 heterocycles. The molecule has 0 spiro atoms. The third-order valence-electron chi connectivity index (χ3n) is 2.37. The van der Waals surface area contributed by atoms with Gasteiger partial charge in [0.15, 0.2) is 9.74 Å². The predicted octanol–water partition coefficient (Wildman–Crippen LogP) is 3.35. The summed E-state index contributed by atoms with van der Waals surface area (Å²) in [5.41, 5.74) is -0.294. The zero-order chi connectivity index (χ0) is 10.6. The first kappa shape index (κ1) is 12.1. The van der Waals surface area contributed by atoms with E-state index >= 15 is 0 Å². The SMILES string of the molecule is CCOC(CC)(CC)c1nsc(Br)n1. The molecule has 0 aliphatic rings. The Kier molecular flexibility index (Phi) is 4.47. The van der Waals surface area contributed by atoms with Crippen molar-refractivity contribution in [2.75, 3.05) is 6.61 Å². The van der Waals surface area contributed by atoms with Gasteiger partial charge in [0.2, 0.25) is 0 Å². The highest BCUT2D eigenvalue weighted by Crippen LogP contribution is 2.32. The number of halogens is 1. The molecule has 1 aromatic heterocycles. The largest absolute Gasteiger partial charge is 0.367 e. The van der Waals surface area contributed by atoms with Gasteiger partial charge in [-0.15, -0.1) is 0 Å². The molecule has 0 atom stereocenters. The molecule has 80 valence electrons. The van der Waals surface area contributed by atoms with Crippen LogP contribution in [0.3, 0.4) is 0 Å². The van der Waals surface area contributed by atoms with Crippen molar-refractivity contribution in [3.05, 3.63) is 9.74 Å². The highest BCUT2D eigenvalue weighted by molar-refractivity contribution is 9.11. The monoisotopic (exact) mass is 278 g/mol. The Labute approximate surface area is 97.2 Å². The topological polar surface area (TPSA) is 35.0 Å². The molecule has 0 aliphatic heterocycles. The standard InChI is InChI=1S/C9H15BrN2OS/c1-4-9(5-2,13-6-3)7-11-8(10)14-12-7/h4-6H2,1-3H3. The van der Waals surface area contributed by atoms with Crippen LogP contribution >= 0.6 is 27.5 Å². The lowest BCUT2D eigenvalue weighted by atomic mass is 9.96. The van der Waals surface area contributed by atoms with E-state index < -0.39 is 0 Å². The zero-order valence-electron chi connectivity index (χ0n) is 8.71. The molecule has 3 nitrogen and oxygen atoms in total. The summed E-state index contributed by atoms with van der Waals surface area (Å²) in [5.74, 6) is 0.807. The fourth-order valence-electron chi connectivity index (χ4n) is 1.50. The van der Waals surface area contributed by atoms with Crippen molar-refractivity contribution in [1.29, 1.82) is 0 Å². The van der Waals surface area contributed by atoms with Crippen LogP contribution in [0.25, 0.3) is 0 Å². The van der Waals surface area contributed by atoms with Gasteiger partial charge in [-0.3, -0.25) is 0 Å². The second-order valence-electron chi connectivity index (χ2n) is 3.01. The number of rotatable bonds is 5. The van der Waals surface area contributed by atoms with Crippen LogP contribution in [0.15, 0.2) is 3.92 Å². The molecule has 0 radical (unpaired) electrons. The Hall–Kier alpha value is -0.0000000000000000555. The van der Waals surface area contributed by atoms with Crippen LogP contribution in [0, 0.1) is 0 Å². The first-order valence-electron chi connectivity index (χ1n) is 4.82. The highest BCUT2D eigenvalue weighted by atomic mass is 79.9. The van der Waals surface area contributed by atoms with Crippen molar-refractivity contribution < 1.29 is 4.74 Å². The normalized spacial score (nSPS) is 12.0. The van der Waals surface area contributed by atoms with Gasteiger partial charge in [-0.25, -0.2) is 4.98 Å². The zero-order valence-corrected chi connectivity index (χ0v) is 11.1. The number of aromatic nitrogens is 2. The molecule has 1 rings (SSSR count). The summed E-state index contributed by atoms with van der Waals surface area (Å²) < 4.78 is 10.9. The maximum atomic E-state index is 5.79. The lowest BCUT2D eigenvalue weighted by Gasteiger charge is -2.28. The lowest BCUT2D eigenvalue weighted by molar-refractivity contribution is -0.0563. The molecule has 0 aromatic carbocycles. The average Bonchev–Trinajstić information content (AvgIpc) is 2.62. The Morgan fingerprint density at radius 1 is 1.36 bits per heavy atom. The summed E-state index contributed by atoms with van der Waals surface area (Å²) in [5, 5.41) is 0. The quantitative estimate of drug-likeness (QED) is 0.829. The molecule has 0 aliphatic carbocycles. The second kappa shape index (κ2) is 5.19. The first-order valence-corrected chi connectivity index (χ1v) is 6.38. The summed E-state index contributed by atoms with van der Waals surface area (Å²) in [4.78, 5) is 4.34. The van der Waals surface area contributed by atoms with E-state index in [4.69, 9.17) is 4.74 Å². The van der Waals surface area contributed by atoms with Crippen LogP contribution in [0.4, 0.5) is 0 Å². The van der Waals surface area contributed by atoms with Crippen LogP contribution < -0.4 is 0 Å². The number of hydrogen-bond acceptors (Lipinski definition) is 4. The van der Waals surface area contributed by atoms with Crippen LogP contribution in [-0.4, -0.2) is 16.0 Å². The first-order chi connectivity index (χ1) is 6.68. The van der Waals surface area contributed by atoms with E-state index in [9.17, 15) is 0 Å². The maximum Gasteiger partial charge on any atom is 0.179 e. The molecule has 0 N–H and O–H groups in total. The van der Waals surface area contributed by atoms with Crippen LogP contribution in [0.5, 0.6) is 0 Å².